The monoisotopic (exact) mass is 1180 g/mol. The number of fused-ring (bicyclic) bond motifs is 3. The third-order valence-corrected chi connectivity index (χ3v) is 14.3. The number of aromatic nitrogens is 3. The van der Waals surface area contributed by atoms with Gasteiger partial charge in [-0.15, -0.1) is 83.4 Å². The first-order valence-corrected chi connectivity index (χ1v) is 25.4. The molecule has 0 radical (unpaired) electrons. The number of nitrogens with zero attached hydrogens (tertiary/aromatic N) is 3. The molecular weight excluding hydrogens is 1120 g/mol. The van der Waals surface area contributed by atoms with Crippen LogP contribution in [0.15, 0.2) is 249 Å². The van der Waals surface area contributed by atoms with Gasteiger partial charge in [0, 0.05) is 30.9 Å². The van der Waals surface area contributed by atoms with Crippen LogP contribution in [-0.4, -0.2) is 15.0 Å². The number of aryl methyl sites for hydroxylation is 3. The average Bonchev–Trinajstić information content (AvgIpc) is 2.82. The summed E-state index contributed by atoms with van der Waals surface area (Å²) in [5, 5.41) is 4.56. The maximum atomic E-state index is 8.01. The molecule has 4 heteroatoms. The fraction of sp³-hybridized carbons (Fsp3) is 0.0405. The fourth-order valence-electron chi connectivity index (χ4n) is 10.5. The summed E-state index contributed by atoms with van der Waals surface area (Å²) in [6, 6.07) is 87.2. The Morgan fingerprint density at radius 3 is 1.38 bits per heavy atom. The van der Waals surface area contributed by atoms with E-state index in [-0.39, 0.29) is 36.8 Å². The first kappa shape index (κ1) is 40.1. The van der Waals surface area contributed by atoms with E-state index in [9.17, 15) is 0 Å². The van der Waals surface area contributed by atoms with Gasteiger partial charge in [-0.3, -0.25) is 0 Å². The molecule has 0 amide bonds. The molecule has 0 spiro atoms. The summed E-state index contributed by atoms with van der Waals surface area (Å²) >= 11 is 0. The van der Waals surface area contributed by atoms with E-state index in [4.69, 9.17) is 12.3 Å². The van der Waals surface area contributed by atoms with Crippen LogP contribution in [0, 0.1) is 38.8 Å². The maximum Gasteiger partial charge on any atom is 3.00 e. The van der Waals surface area contributed by atoms with Gasteiger partial charge < -0.3 is 15.0 Å². The summed E-state index contributed by atoms with van der Waals surface area (Å²) in [7, 11) is 0. The average molecular weight is 1180 g/mol. The number of hydrogen-bond acceptors (Lipinski definition) is 3. The van der Waals surface area contributed by atoms with Crippen LogP contribution >= 0.6 is 0 Å². The minimum absolute atomic E-state index is 0. The van der Waals surface area contributed by atoms with Crippen molar-refractivity contribution in [3.8, 4) is 112 Å². The third kappa shape index (κ3) is 9.81. The molecule has 0 saturated carbocycles. The van der Waals surface area contributed by atoms with Crippen molar-refractivity contribution in [3.05, 3.63) is 284 Å². The maximum absolute atomic E-state index is 8.01. The van der Waals surface area contributed by atoms with Gasteiger partial charge in [0.25, 0.3) is 0 Å². The topological polar surface area (TPSA) is 38.7 Å². The predicted octanol–water partition coefficient (Wildman–Crippen LogP) is 19.2. The first-order chi connectivity index (χ1) is 41.5. The van der Waals surface area contributed by atoms with E-state index in [1.54, 1.807) is 30.3 Å². The van der Waals surface area contributed by atoms with E-state index in [0.29, 0.717) is 28.2 Å². The zero-order chi connectivity index (χ0) is 59.3. The van der Waals surface area contributed by atoms with Crippen LogP contribution in [0.2, 0.25) is 0 Å². The molecule has 10 aromatic carbocycles. The van der Waals surface area contributed by atoms with E-state index >= 15 is 0 Å². The second kappa shape index (κ2) is 21.4. The molecule has 3 aromatic heterocycles. The Hall–Kier alpha value is -9.18. The zero-order valence-corrected chi connectivity index (χ0v) is 44.2. The zero-order valence-electron chi connectivity index (χ0n) is 50.8. The molecule has 0 N–H and O–H groups in total. The molecular formula is C74H50IrN3. The Labute approximate surface area is 482 Å². The Bertz CT molecular complexity index is 4690. The normalized spacial score (nSPS) is 13.4. The van der Waals surface area contributed by atoms with Crippen LogP contribution < -0.4 is 0 Å². The predicted molar refractivity (Wildman–Crippen MR) is 320 cm³/mol. The Kier molecular flexibility index (Phi) is 11.0. The van der Waals surface area contributed by atoms with Crippen molar-refractivity contribution in [3.63, 3.8) is 0 Å². The largest absolute Gasteiger partial charge is 3.00 e. The standard InChI is InChI=1S/C74H50N3.Ir/c1-48-38-39-75-74(40-48)55-29-24-53(25-30-55)64-15-7-9-17-66(64)60-42-59(65-16-8-6-14-63(65)52-22-27-54(28-23-52)72-36-20-49(2)46-76-72)43-61(44-60)67-18-10-11-19-69(67)70-35-33-58(73-37-21-50(3)47-77-73)45-71(70)57-32-34-68-56(41-57)31-26-51-12-4-5-13-62(51)68;/h4-27,29,31-32,34-47H,1-3H3;/q-3;+3/i1D3,2D3,3D3;. The molecule has 13 rings (SSSR count). The van der Waals surface area contributed by atoms with E-state index in [0.717, 1.165) is 99.6 Å². The molecule has 0 aliphatic carbocycles. The second-order valence-corrected chi connectivity index (χ2v) is 19.1. The summed E-state index contributed by atoms with van der Waals surface area (Å²) in [5.74, 6) is 0. The van der Waals surface area contributed by atoms with Gasteiger partial charge in [0.2, 0.25) is 0 Å². The smallest absolute Gasteiger partial charge is 0.305 e. The molecule has 0 fully saturated rings. The van der Waals surface area contributed by atoms with Gasteiger partial charge in [-0.25, -0.2) is 0 Å². The summed E-state index contributed by atoms with van der Waals surface area (Å²) in [5.41, 5.74) is 17.8. The molecule has 0 unspecified atom stereocenters. The second-order valence-electron chi connectivity index (χ2n) is 19.1. The molecule has 370 valence electrons. The van der Waals surface area contributed by atoms with Gasteiger partial charge in [-0.05, 0) is 140 Å². The van der Waals surface area contributed by atoms with Crippen molar-refractivity contribution in [1.29, 1.82) is 0 Å². The van der Waals surface area contributed by atoms with Crippen LogP contribution in [0.5, 0.6) is 0 Å². The van der Waals surface area contributed by atoms with Crippen molar-refractivity contribution < 1.29 is 32.4 Å². The summed E-state index contributed by atoms with van der Waals surface area (Å²) < 4.78 is 71.5. The van der Waals surface area contributed by atoms with E-state index < -0.39 is 20.6 Å². The van der Waals surface area contributed by atoms with Crippen LogP contribution in [-0.2, 0) is 20.1 Å². The van der Waals surface area contributed by atoms with Crippen molar-refractivity contribution in [2.24, 2.45) is 0 Å². The molecule has 3 heterocycles. The van der Waals surface area contributed by atoms with Gasteiger partial charge in [-0.2, -0.15) is 0 Å². The van der Waals surface area contributed by atoms with Gasteiger partial charge in [0.1, 0.15) is 0 Å². The van der Waals surface area contributed by atoms with Gasteiger partial charge in [0.15, 0.2) is 0 Å². The van der Waals surface area contributed by atoms with Crippen LogP contribution in [0.25, 0.3) is 133 Å². The molecule has 0 aliphatic heterocycles. The molecule has 78 heavy (non-hydrogen) atoms. The van der Waals surface area contributed by atoms with Crippen molar-refractivity contribution in [2.45, 2.75) is 20.6 Å². The Morgan fingerprint density at radius 1 is 0.308 bits per heavy atom. The summed E-state index contributed by atoms with van der Waals surface area (Å²) in [4.78, 5) is 13.6. The number of rotatable bonds is 10. The molecule has 0 atom stereocenters. The number of hydrogen-bond donors (Lipinski definition) is 0. The molecule has 0 aliphatic rings. The minimum atomic E-state index is -2.30. The first-order valence-electron chi connectivity index (χ1n) is 29.9. The number of pyridine rings is 3. The third-order valence-electron chi connectivity index (χ3n) is 14.3. The SMILES string of the molecule is [2H]C([2H])([2H])c1ccc(-c2[c-]cc(-c3ccccc3-c3cc(-c4ccccc4-c4c[c-]c(-c5cc(C([2H])([2H])[2H])ccn5)cc4)cc(-c4ccccc4-c4c[c-]c(-c5ccc(C([2H])([2H])[2H])cn5)cc4-c4ccc5c(ccc6ccccc65)c4)c3)cc2)nc1.[Ir+3]. The number of benzene rings is 10. The molecule has 0 bridgehead atoms. The van der Waals surface area contributed by atoms with Gasteiger partial charge in [0.05, 0.1) is 0 Å². The van der Waals surface area contributed by atoms with Crippen molar-refractivity contribution >= 4 is 21.5 Å². The Balaban J connectivity index is 0.00000739. The summed E-state index contributed by atoms with van der Waals surface area (Å²) in [6.45, 7) is -6.83. The summed E-state index contributed by atoms with van der Waals surface area (Å²) in [6.07, 6.45) is 4.34. The fourth-order valence-corrected chi connectivity index (χ4v) is 10.5. The van der Waals surface area contributed by atoms with E-state index in [1.807, 2.05) is 66.7 Å². The van der Waals surface area contributed by atoms with Gasteiger partial charge >= 0.3 is 20.1 Å². The van der Waals surface area contributed by atoms with Crippen molar-refractivity contribution in [1.82, 2.24) is 15.0 Å². The molecule has 13 aromatic rings. The molecule has 3 nitrogen and oxygen atoms in total. The molecule has 0 saturated heterocycles. The van der Waals surface area contributed by atoms with Crippen molar-refractivity contribution in [2.75, 3.05) is 0 Å². The van der Waals surface area contributed by atoms with Crippen LogP contribution in [0.1, 0.15) is 29.0 Å². The van der Waals surface area contributed by atoms with Gasteiger partial charge in [-0.1, -0.05) is 196 Å². The van der Waals surface area contributed by atoms with Crippen LogP contribution in [0.4, 0.5) is 0 Å². The Morgan fingerprint density at radius 2 is 0.808 bits per heavy atom. The van der Waals surface area contributed by atoms with E-state index in [2.05, 4.69) is 161 Å². The quantitative estimate of drug-likeness (QED) is 0.101. The van der Waals surface area contributed by atoms with Crippen LogP contribution in [0.3, 0.4) is 0 Å². The minimum Gasteiger partial charge on any atom is -0.305 e. The van der Waals surface area contributed by atoms with E-state index in [1.165, 1.54) is 30.0 Å².